The summed E-state index contributed by atoms with van der Waals surface area (Å²) < 4.78 is 39.6. The number of ether oxygens (including phenoxy) is 1. The Hall–Kier alpha value is -0.330. The van der Waals surface area contributed by atoms with Gasteiger partial charge in [0, 0.05) is 6.54 Å². The Morgan fingerprint density at radius 1 is 1.46 bits per heavy atom. The van der Waals surface area contributed by atoms with E-state index in [1.54, 1.807) is 0 Å². The lowest BCUT2D eigenvalue weighted by Crippen LogP contribution is -2.34. The molecule has 0 saturated carbocycles. The molecule has 80 valence electrons. The second-order valence-electron chi connectivity index (χ2n) is 2.49. The molecule has 0 radical (unpaired) electrons. The molecule has 2 N–H and O–H groups in total. The summed E-state index contributed by atoms with van der Waals surface area (Å²) in [6, 6.07) is 0. The Bertz CT molecular complexity index is 129. The number of halogens is 3. The molecule has 0 aliphatic heterocycles. The topological polar surface area (TPSA) is 41.5 Å². The summed E-state index contributed by atoms with van der Waals surface area (Å²) in [4.78, 5) is 0. The Balaban J connectivity index is 3.32. The van der Waals surface area contributed by atoms with Gasteiger partial charge in [-0.05, 0) is 6.54 Å². The first-order chi connectivity index (χ1) is 5.98. The molecule has 0 saturated heterocycles. The van der Waals surface area contributed by atoms with Crippen LogP contribution in [-0.4, -0.2) is 43.7 Å². The third-order valence-electron chi connectivity index (χ3n) is 1.33. The molecule has 0 aromatic rings. The standard InChI is InChI=1S/C7H14F3NO2/c1-2-11-3-4-13-5-6(12)7(8,9)10/h6,11-12H,2-5H2,1H3. The number of hydrogen-bond donors (Lipinski definition) is 2. The number of alkyl halides is 3. The smallest absolute Gasteiger partial charge is 0.382 e. The average Bonchev–Trinajstić information content (AvgIpc) is 2.02. The van der Waals surface area contributed by atoms with E-state index < -0.39 is 18.9 Å². The van der Waals surface area contributed by atoms with Gasteiger partial charge in [0.1, 0.15) is 0 Å². The first kappa shape index (κ1) is 12.7. The van der Waals surface area contributed by atoms with Crippen molar-refractivity contribution in [2.75, 3.05) is 26.3 Å². The normalized spacial score (nSPS) is 14.5. The van der Waals surface area contributed by atoms with Gasteiger partial charge in [-0.15, -0.1) is 0 Å². The van der Waals surface area contributed by atoms with Gasteiger partial charge in [-0.25, -0.2) is 0 Å². The molecule has 1 atom stereocenters. The summed E-state index contributed by atoms with van der Waals surface area (Å²) >= 11 is 0. The minimum absolute atomic E-state index is 0.168. The van der Waals surface area contributed by atoms with Crippen LogP contribution in [0.3, 0.4) is 0 Å². The van der Waals surface area contributed by atoms with E-state index in [1.165, 1.54) is 0 Å². The molecular weight excluding hydrogens is 187 g/mol. The van der Waals surface area contributed by atoms with Crippen molar-refractivity contribution in [2.24, 2.45) is 0 Å². The average molecular weight is 201 g/mol. The first-order valence-corrected chi connectivity index (χ1v) is 4.01. The molecule has 13 heavy (non-hydrogen) atoms. The van der Waals surface area contributed by atoms with Crippen LogP contribution in [-0.2, 0) is 4.74 Å². The predicted octanol–water partition coefficient (Wildman–Crippen LogP) is 0.536. The van der Waals surface area contributed by atoms with E-state index in [4.69, 9.17) is 5.11 Å². The van der Waals surface area contributed by atoms with Crippen LogP contribution in [0.1, 0.15) is 6.92 Å². The molecule has 6 heteroatoms. The summed E-state index contributed by atoms with van der Waals surface area (Å²) in [5.74, 6) is 0. The highest BCUT2D eigenvalue weighted by molar-refractivity contribution is 4.63. The highest BCUT2D eigenvalue weighted by atomic mass is 19.4. The van der Waals surface area contributed by atoms with Crippen LogP contribution >= 0.6 is 0 Å². The molecule has 0 rings (SSSR count). The van der Waals surface area contributed by atoms with Crippen molar-refractivity contribution in [3.05, 3.63) is 0 Å². The van der Waals surface area contributed by atoms with E-state index >= 15 is 0 Å². The fourth-order valence-corrected chi connectivity index (χ4v) is 0.611. The zero-order valence-electron chi connectivity index (χ0n) is 7.40. The molecule has 3 nitrogen and oxygen atoms in total. The lowest BCUT2D eigenvalue weighted by Gasteiger charge is -2.14. The Labute approximate surface area is 74.9 Å². The third-order valence-corrected chi connectivity index (χ3v) is 1.33. The third kappa shape index (κ3) is 6.80. The van der Waals surface area contributed by atoms with Crippen molar-refractivity contribution in [3.63, 3.8) is 0 Å². The van der Waals surface area contributed by atoms with E-state index in [0.717, 1.165) is 6.54 Å². The lowest BCUT2D eigenvalue weighted by molar-refractivity contribution is -0.217. The van der Waals surface area contributed by atoms with Gasteiger partial charge < -0.3 is 15.2 Å². The second kappa shape index (κ2) is 6.17. The van der Waals surface area contributed by atoms with Crippen molar-refractivity contribution >= 4 is 0 Å². The zero-order valence-corrected chi connectivity index (χ0v) is 7.40. The number of rotatable bonds is 6. The maximum atomic E-state index is 11.7. The Morgan fingerprint density at radius 3 is 2.54 bits per heavy atom. The van der Waals surface area contributed by atoms with Gasteiger partial charge in [0.05, 0.1) is 13.2 Å². The molecule has 0 bridgehead atoms. The molecule has 1 unspecified atom stereocenters. The maximum Gasteiger partial charge on any atom is 0.416 e. The highest BCUT2D eigenvalue weighted by Crippen LogP contribution is 2.19. The molecule has 0 heterocycles. The molecular formula is C7H14F3NO2. The van der Waals surface area contributed by atoms with Crippen molar-refractivity contribution in [1.82, 2.24) is 5.32 Å². The molecule has 0 aliphatic carbocycles. The predicted molar refractivity (Wildman–Crippen MR) is 41.4 cm³/mol. The number of hydrogen-bond acceptors (Lipinski definition) is 3. The number of nitrogens with one attached hydrogen (secondary N) is 1. The Morgan fingerprint density at radius 2 is 2.08 bits per heavy atom. The number of aliphatic hydroxyl groups excluding tert-OH is 1. The minimum atomic E-state index is -4.59. The maximum absolute atomic E-state index is 11.7. The first-order valence-electron chi connectivity index (χ1n) is 4.01. The zero-order chi connectivity index (χ0) is 10.3. The van der Waals surface area contributed by atoms with Crippen LogP contribution in [0.15, 0.2) is 0 Å². The summed E-state index contributed by atoms with van der Waals surface area (Å²) in [6.07, 6.45) is -6.97. The van der Waals surface area contributed by atoms with Crippen LogP contribution in [0.5, 0.6) is 0 Å². The summed E-state index contributed by atoms with van der Waals surface area (Å²) in [6.45, 7) is 2.58. The lowest BCUT2D eigenvalue weighted by atomic mass is 10.4. The van der Waals surface area contributed by atoms with Gasteiger partial charge in [-0.2, -0.15) is 13.2 Å². The van der Waals surface area contributed by atoms with Gasteiger partial charge in [0.25, 0.3) is 0 Å². The monoisotopic (exact) mass is 201 g/mol. The van der Waals surface area contributed by atoms with E-state index in [0.29, 0.717) is 6.54 Å². The van der Waals surface area contributed by atoms with Crippen LogP contribution in [0.25, 0.3) is 0 Å². The van der Waals surface area contributed by atoms with E-state index in [2.05, 4.69) is 10.1 Å². The van der Waals surface area contributed by atoms with Crippen LogP contribution in [0, 0.1) is 0 Å². The fourth-order valence-electron chi connectivity index (χ4n) is 0.611. The summed E-state index contributed by atoms with van der Waals surface area (Å²) in [7, 11) is 0. The molecule has 0 aromatic carbocycles. The van der Waals surface area contributed by atoms with E-state index in [9.17, 15) is 13.2 Å². The van der Waals surface area contributed by atoms with E-state index in [-0.39, 0.29) is 6.61 Å². The van der Waals surface area contributed by atoms with Crippen molar-refractivity contribution in [2.45, 2.75) is 19.2 Å². The molecule has 0 aromatic heterocycles. The SMILES string of the molecule is CCNCCOCC(O)C(F)(F)F. The Kier molecular flexibility index (Phi) is 6.02. The molecule has 0 amide bonds. The van der Waals surface area contributed by atoms with Crippen LogP contribution < -0.4 is 5.32 Å². The van der Waals surface area contributed by atoms with Gasteiger partial charge >= 0.3 is 6.18 Å². The minimum Gasteiger partial charge on any atom is -0.382 e. The van der Waals surface area contributed by atoms with Gasteiger partial charge in [-0.3, -0.25) is 0 Å². The number of likely N-dealkylation sites (N-methyl/N-ethyl adjacent to an activating group) is 1. The molecule has 0 fully saturated rings. The quantitative estimate of drug-likeness (QED) is 0.616. The fraction of sp³-hybridized carbons (Fsp3) is 1.00. The van der Waals surface area contributed by atoms with Crippen molar-refractivity contribution < 1.29 is 23.0 Å². The van der Waals surface area contributed by atoms with Gasteiger partial charge in [0.2, 0.25) is 0 Å². The largest absolute Gasteiger partial charge is 0.416 e. The van der Waals surface area contributed by atoms with Crippen LogP contribution in [0.2, 0.25) is 0 Å². The van der Waals surface area contributed by atoms with Crippen molar-refractivity contribution in [1.29, 1.82) is 0 Å². The number of aliphatic hydroxyl groups is 1. The van der Waals surface area contributed by atoms with Gasteiger partial charge in [-0.1, -0.05) is 6.92 Å². The molecule has 0 aliphatic rings. The van der Waals surface area contributed by atoms with Gasteiger partial charge in [0.15, 0.2) is 6.10 Å². The highest BCUT2D eigenvalue weighted by Gasteiger charge is 2.38. The summed E-state index contributed by atoms with van der Waals surface area (Å²) in [5.41, 5.74) is 0. The molecule has 0 spiro atoms. The van der Waals surface area contributed by atoms with Crippen LogP contribution in [0.4, 0.5) is 13.2 Å². The second-order valence-corrected chi connectivity index (χ2v) is 2.49. The summed E-state index contributed by atoms with van der Waals surface area (Å²) in [5, 5.41) is 11.3. The van der Waals surface area contributed by atoms with E-state index in [1.807, 2.05) is 6.92 Å². The van der Waals surface area contributed by atoms with Crippen molar-refractivity contribution in [3.8, 4) is 0 Å².